The van der Waals surface area contributed by atoms with Crippen LogP contribution in [0.25, 0.3) is 0 Å². The smallest absolute Gasteiger partial charge is 0.119 e. The number of nitrogen functional groups attached to an aromatic ring is 1. The molecular formula is C10H16ClNO. The molecular weight excluding hydrogens is 186 g/mol. The van der Waals surface area contributed by atoms with Gasteiger partial charge in [-0.1, -0.05) is 13.8 Å². The fraction of sp³-hybridized carbons (Fsp3) is 0.400. The third-order valence-electron chi connectivity index (χ3n) is 2.19. The van der Waals surface area contributed by atoms with E-state index in [0.29, 0.717) is 17.4 Å². The van der Waals surface area contributed by atoms with Crippen molar-refractivity contribution in [1.29, 1.82) is 0 Å². The number of halogens is 1. The molecule has 74 valence electrons. The molecule has 0 bridgehead atoms. The van der Waals surface area contributed by atoms with Crippen molar-refractivity contribution in [3.63, 3.8) is 0 Å². The minimum absolute atomic E-state index is 0. The number of phenols is 1. The Morgan fingerprint density at radius 3 is 2.62 bits per heavy atom. The summed E-state index contributed by atoms with van der Waals surface area (Å²) in [5.41, 5.74) is 7.26. The minimum Gasteiger partial charge on any atom is -0.508 e. The molecule has 1 atom stereocenters. The maximum absolute atomic E-state index is 9.48. The Hall–Kier alpha value is -0.890. The van der Waals surface area contributed by atoms with E-state index in [4.69, 9.17) is 5.73 Å². The fourth-order valence-corrected chi connectivity index (χ4v) is 1.19. The van der Waals surface area contributed by atoms with Gasteiger partial charge < -0.3 is 10.8 Å². The Kier molecular flexibility index (Phi) is 4.63. The molecule has 1 rings (SSSR count). The van der Waals surface area contributed by atoms with Gasteiger partial charge in [-0.2, -0.15) is 0 Å². The van der Waals surface area contributed by atoms with E-state index in [9.17, 15) is 5.11 Å². The van der Waals surface area contributed by atoms with Crippen molar-refractivity contribution < 1.29 is 5.11 Å². The van der Waals surface area contributed by atoms with Gasteiger partial charge in [0.15, 0.2) is 0 Å². The molecule has 0 heterocycles. The molecule has 13 heavy (non-hydrogen) atoms. The molecule has 3 N–H and O–H groups in total. The van der Waals surface area contributed by atoms with Gasteiger partial charge in [0.05, 0.1) is 0 Å². The van der Waals surface area contributed by atoms with Crippen molar-refractivity contribution >= 4 is 18.1 Å². The van der Waals surface area contributed by atoms with E-state index in [1.54, 1.807) is 12.1 Å². The topological polar surface area (TPSA) is 46.2 Å². The van der Waals surface area contributed by atoms with E-state index in [2.05, 4.69) is 13.8 Å². The van der Waals surface area contributed by atoms with Crippen LogP contribution in [0, 0.1) is 0 Å². The summed E-state index contributed by atoms with van der Waals surface area (Å²) < 4.78 is 0. The van der Waals surface area contributed by atoms with Gasteiger partial charge >= 0.3 is 0 Å². The van der Waals surface area contributed by atoms with Gasteiger partial charge in [0.1, 0.15) is 5.75 Å². The summed E-state index contributed by atoms with van der Waals surface area (Å²) in [4.78, 5) is 0. The van der Waals surface area contributed by atoms with E-state index < -0.39 is 0 Å². The highest BCUT2D eigenvalue weighted by Crippen LogP contribution is 2.29. The second kappa shape index (κ2) is 4.97. The highest BCUT2D eigenvalue weighted by Gasteiger charge is 2.07. The summed E-state index contributed by atoms with van der Waals surface area (Å²) in [6.07, 6.45) is 1.01. The van der Waals surface area contributed by atoms with Gasteiger partial charge in [0.2, 0.25) is 0 Å². The number of rotatable bonds is 2. The Bertz CT molecular complexity index is 276. The fourth-order valence-electron chi connectivity index (χ4n) is 1.19. The van der Waals surface area contributed by atoms with E-state index >= 15 is 0 Å². The number of nitrogens with two attached hydrogens (primary N) is 1. The second-order valence-corrected chi connectivity index (χ2v) is 3.13. The quantitative estimate of drug-likeness (QED) is 0.571. The number of anilines is 1. The second-order valence-electron chi connectivity index (χ2n) is 3.13. The molecule has 0 saturated heterocycles. The lowest BCUT2D eigenvalue weighted by molar-refractivity contribution is 0.462. The van der Waals surface area contributed by atoms with Crippen molar-refractivity contribution in [2.45, 2.75) is 26.2 Å². The molecule has 3 heteroatoms. The number of phenolic OH excluding ortho intramolecular Hbond substituents is 1. The summed E-state index contributed by atoms with van der Waals surface area (Å²) in [7, 11) is 0. The molecule has 0 fully saturated rings. The van der Waals surface area contributed by atoms with Crippen LogP contribution >= 0.6 is 12.4 Å². The molecule has 0 aromatic heterocycles. The lowest BCUT2D eigenvalue weighted by Gasteiger charge is -2.11. The van der Waals surface area contributed by atoms with Gasteiger partial charge in [0.25, 0.3) is 0 Å². The highest BCUT2D eigenvalue weighted by molar-refractivity contribution is 5.85. The molecule has 2 nitrogen and oxygen atoms in total. The van der Waals surface area contributed by atoms with Crippen molar-refractivity contribution in [1.82, 2.24) is 0 Å². The van der Waals surface area contributed by atoms with E-state index in [-0.39, 0.29) is 12.4 Å². The van der Waals surface area contributed by atoms with Crippen LogP contribution < -0.4 is 5.73 Å². The third-order valence-corrected chi connectivity index (χ3v) is 2.19. The molecule has 0 aliphatic rings. The largest absolute Gasteiger partial charge is 0.508 e. The Labute approximate surface area is 85.2 Å². The van der Waals surface area contributed by atoms with E-state index in [0.717, 1.165) is 12.0 Å². The summed E-state index contributed by atoms with van der Waals surface area (Å²) in [5, 5.41) is 9.48. The molecule has 0 aliphatic carbocycles. The SMILES string of the molecule is CCC(C)c1cc(N)ccc1O.Cl. The first kappa shape index (κ1) is 12.1. The predicted molar refractivity (Wildman–Crippen MR) is 58.5 cm³/mol. The van der Waals surface area contributed by atoms with Crippen LogP contribution in [0.4, 0.5) is 5.69 Å². The van der Waals surface area contributed by atoms with Crippen LogP contribution in [0.2, 0.25) is 0 Å². The Morgan fingerprint density at radius 2 is 2.08 bits per heavy atom. The van der Waals surface area contributed by atoms with Gasteiger partial charge in [-0.25, -0.2) is 0 Å². The van der Waals surface area contributed by atoms with Crippen molar-refractivity contribution in [3.8, 4) is 5.75 Å². The Balaban J connectivity index is 0.00000144. The maximum Gasteiger partial charge on any atom is 0.119 e. The summed E-state index contributed by atoms with van der Waals surface area (Å²) in [6.45, 7) is 4.17. The minimum atomic E-state index is 0. The summed E-state index contributed by atoms with van der Waals surface area (Å²) >= 11 is 0. The van der Waals surface area contributed by atoms with Gasteiger partial charge in [-0.15, -0.1) is 12.4 Å². The molecule has 1 unspecified atom stereocenters. The molecule has 0 aliphatic heterocycles. The number of aromatic hydroxyl groups is 1. The number of hydrogen-bond donors (Lipinski definition) is 2. The molecule has 0 amide bonds. The maximum atomic E-state index is 9.48. The standard InChI is InChI=1S/C10H15NO.ClH/c1-3-7(2)9-6-8(11)4-5-10(9)12;/h4-7,12H,3,11H2,1-2H3;1H. The zero-order valence-corrected chi connectivity index (χ0v) is 8.77. The van der Waals surface area contributed by atoms with Crippen molar-refractivity contribution in [2.75, 3.05) is 5.73 Å². The molecule has 0 radical (unpaired) electrons. The van der Waals surface area contributed by atoms with Gasteiger partial charge in [-0.3, -0.25) is 0 Å². The number of benzene rings is 1. The monoisotopic (exact) mass is 201 g/mol. The zero-order chi connectivity index (χ0) is 9.14. The normalized spacial score (nSPS) is 11.8. The van der Waals surface area contributed by atoms with Gasteiger partial charge in [-0.05, 0) is 36.1 Å². The van der Waals surface area contributed by atoms with Crippen molar-refractivity contribution in [3.05, 3.63) is 23.8 Å². The molecule has 1 aromatic rings. The van der Waals surface area contributed by atoms with Crippen LogP contribution in [0.1, 0.15) is 31.7 Å². The third kappa shape index (κ3) is 2.81. The first-order valence-corrected chi connectivity index (χ1v) is 4.23. The van der Waals surface area contributed by atoms with Crippen LogP contribution in [0.15, 0.2) is 18.2 Å². The predicted octanol–water partition coefficient (Wildman–Crippen LogP) is 2.91. The Morgan fingerprint density at radius 1 is 1.46 bits per heavy atom. The van der Waals surface area contributed by atoms with Gasteiger partial charge in [0, 0.05) is 5.69 Å². The molecule has 1 aromatic carbocycles. The van der Waals surface area contributed by atoms with Crippen LogP contribution in [-0.4, -0.2) is 5.11 Å². The summed E-state index contributed by atoms with van der Waals surface area (Å²) in [5.74, 6) is 0.715. The highest BCUT2D eigenvalue weighted by atomic mass is 35.5. The summed E-state index contributed by atoms with van der Waals surface area (Å²) in [6, 6.07) is 5.20. The lowest BCUT2D eigenvalue weighted by atomic mass is 9.97. The molecule has 0 saturated carbocycles. The van der Waals surface area contributed by atoms with Crippen LogP contribution in [-0.2, 0) is 0 Å². The van der Waals surface area contributed by atoms with Crippen molar-refractivity contribution in [2.24, 2.45) is 0 Å². The average Bonchev–Trinajstić information content (AvgIpc) is 2.08. The first-order valence-electron chi connectivity index (χ1n) is 4.23. The molecule has 0 spiro atoms. The lowest BCUT2D eigenvalue weighted by Crippen LogP contribution is -1.94. The average molecular weight is 202 g/mol. The van der Waals surface area contributed by atoms with Crippen LogP contribution in [0.3, 0.4) is 0 Å². The van der Waals surface area contributed by atoms with E-state index in [1.807, 2.05) is 6.07 Å². The first-order chi connectivity index (χ1) is 5.65. The number of hydrogen-bond acceptors (Lipinski definition) is 2. The van der Waals surface area contributed by atoms with E-state index in [1.165, 1.54) is 0 Å². The zero-order valence-electron chi connectivity index (χ0n) is 7.95. The van der Waals surface area contributed by atoms with Crippen LogP contribution in [0.5, 0.6) is 5.75 Å².